The highest BCUT2D eigenvalue weighted by atomic mass is 35.5. The molecule has 0 fully saturated rings. The van der Waals surface area contributed by atoms with Gasteiger partial charge in [-0.15, -0.1) is 22.9 Å². The van der Waals surface area contributed by atoms with Crippen LogP contribution in [0.5, 0.6) is 0 Å². The number of alkyl halides is 1. The van der Waals surface area contributed by atoms with E-state index in [0.717, 1.165) is 12.8 Å². The van der Waals surface area contributed by atoms with Crippen LogP contribution in [-0.2, 0) is 0 Å². The van der Waals surface area contributed by atoms with Gasteiger partial charge in [-0.1, -0.05) is 24.3 Å². The Bertz CT molecular complexity index is 524. The zero-order valence-corrected chi connectivity index (χ0v) is 9.81. The first kappa shape index (κ1) is 9.44. The van der Waals surface area contributed by atoms with Crippen molar-refractivity contribution in [3.63, 3.8) is 0 Å². The van der Waals surface area contributed by atoms with Crippen LogP contribution in [0.25, 0.3) is 15.7 Å². The molecule has 2 heteroatoms. The molecule has 0 nitrogen and oxygen atoms in total. The molecule has 76 valence electrons. The predicted molar refractivity (Wildman–Crippen MR) is 68.7 cm³/mol. The van der Waals surface area contributed by atoms with Crippen molar-refractivity contribution in [3.8, 4) is 0 Å². The Morgan fingerprint density at radius 1 is 1.27 bits per heavy atom. The smallest absolute Gasteiger partial charge is 0.0525 e. The summed E-state index contributed by atoms with van der Waals surface area (Å²) in [4.78, 5) is 0. The molecule has 0 amide bonds. The number of hydrogen-bond donors (Lipinski definition) is 0. The highest BCUT2D eigenvalue weighted by molar-refractivity contribution is 7.17. The summed E-state index contributed by atoms with van der Waals surface area (Å²) in [6.07, 6.45) is 4.40. The summed E-state index contributed by atoms with van der Waals surface area (Å²) in [5.41, 5.74) is 2.80. The monoisotopic (exact) mass is 234 g/mol. The Balaban J connectivity index is 2.18. The molecule has 1 unspecified atom stereocenters. The lowest BCUT2D eigenvalue weighted by Gasteiger charge is -2.03. The van der Waals surface area contributed by atoms with Crippen LogP contribution in [0.1, 0.15) is 18.4 Å². The van der Waals surface area contributed by atoms with Gasteiger partial charge in [0.1, 0.15) is 0 Å². The summed E-state index contributed by atoms with van der Waals surface area (Å²) in [7, 11) is 0. The Morgan fingerprint density at radius 2 is 2.20 bits per heavy atom. The van der Waals surface area contributed by atoms with Gasteiger partial charge in [-0.2, -0.15) is 0 Å². The molecule has 0 saturated heterocycles. The summed E-state index contributed by atoms with van der Waals surface area (Å²) >= 11 is 7.93. The molecule has 0 N–H and O–H groups in total. The summed E-state index contributed by atoms with van der Waals surface area (Å²) in [6, 6.07) is 8.69. The standard InChI is InChI=1S/C13H11ClS/c14-11-5-4-10(8-11)12-3-1-2-9-6-7-15-13(9)12/h1-3,6-8,11H,4-5H2. The fourth-order valence-electron chi connectivity index (χ4n) is 2.15. The zero-order valence-electron chi connectivity index (χ0n) is 8.24. The molecule has 0 bridgehead atoms. The maximum atomic E-state index is 6.11. The van der Waals surface area contributed by atoms with Gasteiger partial charge in [0.15, 0.2) is 0 Å². The van der Waals surface area contributed by atoms with Gasteiger partial charge >= 0.3 is 0 Å². The van der Waals surface area contributed by atoms with Crippen LogP contribution in [0.15, 0.2) is 35.7 Å². The average Bonchev–Trinajstić information content (AvgIpc) is 2.84. The van der Waals surface area contributed by atoms with Crippen LogP contribution in [0.4, 0.5) is 0 Å². The number of thiophene rings is 1. The molecular weight excluding hydrogens is 224 g/mol. The van der Waals surface area contributed by atoms with Crippen molar-refractivity contribution >= 4 is 38.6 Å². The molecule has 1 aliphatic rings. The number of rotatable bonds is 1. The third kappa shape index (κ3) is 1.60. The maximum absolute atomic E-state index is 6.11. The molecule has 1 aliphatic carbocycles. The average molecular weight is 235 g/mol. The van der Waals surface area contributed by atoms with Crippen LogP contribution in [0.3, 0.4) is 0 Å². The van der Waals surface area contributed by atoms with Crippen molar-refractivity contribution in [3.05, 3.63) is 41.3 Å². The van der Waals surface area contributed by atoms with Crippen LogP contribution in [-0.4, -0.2) is 5.38 Å². The predicted octanol–water partition coefficient (Wildman–Crippen LogP) is 4.69. The molecule has 1 aromatic heterocycles. The van der Waals surface area contributed by atoms with Crippen molar-refractivity contribution in [2.45, 2.75) is 18.2 Å². The summed E-state index contributed by atoms with van der Waals surface area (Å²) < 4.78 is 1.40. The van der Waals surface area contributed by atoms with E-state index in [4.69, 9.17) is 11.6 Å². The summed E-state index contributed by atoms with van der Waals surface area (Å²) in [5, 5.41) is 3.73. The van der Waals surface area contributed by atoms with Gasteiger partial charge in [-0.25, -0.2) is 0 Å². The van der Waals surface area contributed by atoms with Gasteiger partial charge < -0.3 is 0 Å². The Kier molecular flexibility index (Phi) is 2.30. The topological polar surface area (TPSA) is 0 Å². The van der Waals surface area contributed by atoms with E-state index < -0.39 is 0 Å². The SMILES string of the molecule is ClC1C=C(c2cccc3ccsc23)CC1. The van der Waals surface area contributed by atoms with Crippen molar-refractivity contribution in [2.75, 3.05) is 0 Å². The van der Waals surface area contributed by atoms with Gasteiger partial charge in [0.05, 0.1) is 5.38 Å². The minimum Gasteiger partial charge on any atom is -0.143 e. The second-order valence-electron chi connectivity index (χ2n) is 3.89. The number of hydrogen-bond acceptors (Lipinski definition) is 1. The van der Waals surface area contributed by atoms with E-state index in [1.807, 2.05) is 11.3 Å². The minimum atomic E-state index is 0.232. The number of fused-ring (bicyclic) bond motifs is 1. The van der Waals surface area contributed by atoms with Gasteiger partial charge in [0.2, 0.25) is 0 Å². The highest BCUT2D eigenvalue weighted by Gasteiger charge is 2.16. The first-order valence-corrected chi connectivity index (χ1v) is 6.47. The van der Waals surface area contributed by atoms with Gasteiger partial charge in [0, 0.05) is 4.70 Å². The third-order valence-electron chi connectivity index (χ3n) is 2.90. The summed E-state index contributed by atoms with van der Waals surface area (Å²) in [5.74, 6) is 0. The molecular formula is C13H11ClS. The van der Waals surface area contributed by atoms with E-state index in [-0.39, 0.29) is 5.38 Å². The van der Waals surface area contributed by atoms with Gasteiger partial charge in [-0.3, -0.25) is 0 Å². The fraction of sp³-hybridized carbons (Fsp3) is 0.231. The molecule has 0 saturated carbocycles. The molecule has 1 atom stereocenters. The first-order chi connectivity index (χ1) is 7.34. The van der Waals surface area contributed by atoms with Crippen LogP contribution < -0.4 is 0 Å². The van der Waals surface area contributed by atoms with E-state index in [1.54, 1.807) is 0 Å². The van der Waals surface area contributed by atoms with Gasteiger partial charge in [-0.05, 0) is 40.8 Å². The molecule has 15 heavy (non-hydrogen) atoms. The third-order valence-corrected chi connectivity index (χ3v) is 4.20. The van der Waals surface area contributed by atoms with E-state index in [0.29, 0.717) is 0 Å². The fourth-order valence-corrected chi connectivity index (χ4v) is 3.36. The lowest BCUT2D eigenvalue weighted by molar-refractivity contribution is 0.942. The molecule has 0 radical (unpaired) electrons. The number of halogens is 1. The molecule has 3 rings (SSSR count). The molecule has 0 spiro atoms. The Morgan fingerprint density at radius 3 is 3.00 bits per heavy atom. The van der Waals surface area contributed by atoms with Crippen LogP contribution in [0.2, 0.25) is 0 Å². The van der Waals surface area contributed by atoms with Crippen LogP contribution >= 0.6 is 22.9 Å². The van der Waals surface area contributed by atoms with E-state index >= 15 is 0 Å². The van der Waals surface area contributed by atoms with Crippen molar-refractivity contribution in [1.82, 2.24) is 0 Å². The van der Waals surface area contributed by atoms with Gasteiger partial charge in [0.25, 0.3) is 0 Å². The largest absolute Gasteiger partial charge is 0.143 e. The lowest BCUT2D eigenvalue weighted by Crippen LogP contribution is -1.81. The second kappa shape index (κ2) is 3.66. The molecule has 2 aromatic rings. The number of allylic oxidation sites excluding steroid dienone is 2. The quantitative estimate of drug-likeness (QED) is 0.629. The van der Waals surface area contributed by atoms with E-state index in [2.05, 4.69) is 35.7 Å². The van der Waals surface area contributed by atoms with Crippen LogP contribution in [0, 0.1) is 0 Å². The molecule has 0 aliphatic heterocycles. The van der Waals surface area contributed by atoms with E-state index in [1.165, 1.54) is 21.2 Å². The van der Waals surface area contributed by atoms with Crippen molar-refractivity contribution in [2.24, 2.45) is 0 Å². The Hall–Kier alpha value is -0.790. The molecule has 1 aromatic carbocycles. The number of benzene rings is 1. The highest BCUT2D eigenvalue weighted by Crippen LogP contribution is 2.36. The van der Waals surface area contributed by atoms with E-state index in [9.17, 15) is 0 Å². The second-order valence-corrected chi connectivity index (χ2v) is 5.37. The first-order valence-electron chi connectivity index (χ1n) is 5.16. The lowest BCUT2D eigenvalue weighted by atomic mass is 10.0. The minimum absolute atomic E-state index is 0.232. The Labute approximate surface area is 98.2 Å². The molecule has 1 heterocycles. The maximum Gasteiger partial charge on any atom is 0.0525 e. The van der Waals surface area contributed by atoms with Crippen molar-refractivity contribution < 1.29 is 0 Å². The normalized spacial score (nSPS) is 20.9. The summed E-state index contributed by atoms with van der Waals surface area (Å²) in [6.45, 7) is 0. The zero-order chi connectivity index (χ0) is 10.3. The van der Waals surface area contributed by atoms with Crippen molar-refractivity contribution in [1.29, 1.82) is 0 Å².